The molecule has 2 aromatic rings. The Morgan fingerprint density at radius 3 is 2.30 bits per heavy atom. The predicted octanol–water partition coefficient (Wildman–Crippen LogP) is 2.35. The number of para-hydroxylation sites is 1. The zero-order valence-electron chi connectivity index (χ0n) is 13.0. The second kappa shape index (κ2) is 11.0. The zero-order chi connectivity index (χ0) is 15.6. The summed E-state index contributed by atoms with van der Waals surface area (Å²) < 4.78 is 5.63. The van der Waals surface area contributed by atoms with Crippen LogP contribution in [0, 0.1) is 0 Å². The van der Waals surface area contributed by atoms with E-state index in [0.29, 0.717) is 6.54 Å². The van der Waals surface area contributed by atoms with Crippen molar-refractivity contribution in [2.45, 2.75) is 12.5 Å². The van der Waals surface area contributed by atoms with E-state index in [-0.39, 0.29) is 38.3 Å². The van der Waals surface area contributed by atoms with E-state index in [1.54, 1.807) is 0 Å². The number of hydrogen-bond donors (Lipinski definition) is 3. The Labute approximate surface area is 143 Å². The molecule has 126 valence electrons. The van der Waals surface area contributed by atoms with Crippen molar-refractivity contribution < 1.29 is 14.9 Å². The van der Waals surface area contributed by atoms with Crippen molar-refractivity contribution in [2.75, 3.05) is 26.4 Å². The molecule has 1 unspecified atom stereocenters. The van der Waals surface area contributed by atoms with E-state index in [4.69, 9.17) is 14.9 Å². The Balaban J connectivity index is 0.00000264. The van der Waals surface area contributed by atoms with Gasteiger partial charge in [-0.25, -0.2) is 0 Å². The first-order valence-corrected chi connectivity index (χ1v) is 7.56. The van der Waals surface area contributed by atoms with Gasteiger partial charge in [-0.3, -0.25) is 0 Å². The molecule has 0 radical (unpaired) electrons. The number of halogens is 1. The molecule has 0 bridgehead atoms. The molecule has 2 aromatic carbocycles. The van der Waals surface area contributed by atoms with Crippen molar-refractivity contribution in [3.05, 3.63) is 65.7 Å². The third kappa shape index (κ3) is 6.20. The number of rotatable bonds is 9. The van der Waals surface area contributed by atoms with Crippen molar-refractivity contribution >= 4 is 12.4 Å². The van der Waals surface area contributed by atoms with Gasteiger partial charge >= 0.3 is 0 Å². The molecule has 4 nitrogen and oxygen atoms in total. The van der Waals surface area contributed by atoms with Gasteiger partial charge in [0.2, 0.25) is 0 Å². The van der Waals surface area contributed by atoms with Crippen molar-refractivity contribution in [3.63, 3.8) is 0 Å². The minimum absolute atomic E-state index is 0. The maximum atomic E-state index is 9.11. The first kappa shape index (κ1) is 19.5. The summed E-state index contributed by atoms with van der Waals surface area (Å²) in [5.74, 6) is 0.767. The van der Waals surface area contributed by atoms with Crippen LogP contribution >= 0.6 is 12.4 Å². The average molecular weight is 338 g/mol. The standard InChI is InChI=1S/C18H23NO3.ClH/c20-11-10-19-17(14-15-6-2-1-3-7-15)16-8-4-5-9-18(16)22-13-12-21;/h1-9,17,19-21H,10-14H2;1H. The van der Waals surface area contributed by atoms with Crippen molar-refractivity contribution in [1.29, 1.82) is 0 Å². The molecule has 1 atom stereocenters. The van der Waals surface area contributed by atoms with Crippen LogP contribution in [0.5, 0.6) is 5.75 Å². The second-order valence-corrected chi connectivity index (χ2v) is 5.03. The van der Waals surface area contributed by atoms with E-state index < -0.39 is 0 Å². The molecule has 0 heterocycles. The van der Waals surface area contributed by atoms with Crippen LogP contribution in [0.2, 0.25) is 0 Å². The topological polar surface area (TPSA) is 61.7 Å². The summed E-state index contributed by atoms with van der Waals surface area (Å²) in [5, 5.41) is 21.4. The highest BCUT2D eigenvalue weighted by atomic mass is 35.5. The number of hydrogen-bond acceptors (Lipinski definition) is 4. The summed E-state index contributed by atoms with van der Waals surface area (Å²) in [4.78, 5) is 0. The van der Waals surface area contributed by atoms with Gasteiger partial charge in [-0.15, -0.1) is 12.4 Å². The lowest BCUT2D eigenvalue weighted by molar-refractivity contribution is 0.199. The van der Waals surface area contributed by atoms with Gasteiger partial charge in [0, 0.05) is 18.2 Å². The molecule has 23 heavy (non-hydrogen) atoms. The Bertz CT molecular complexity index is 551. The van der Waals surface area contributed by atoms with Gasteiger partial charge in [0.1, 0.15) is 12.4 Å². The molecule has 0 spiro atoms. The highest BCUT2D eigenvalue weighted by molar-refractivity contribution is 5.85. The van der Waals surface area contributed by atoms with Gasteiger partial charge in [0.05, 0.1) is 13.2 Å². The maximum Gasteiger partial charge on any atom is 0.124 e. The maximum absolute atomic E-state index is 9.11. The van der Waals surface area contributed by atoms with Crippen molar-refractivity contribution in [2.24, 2.45) is 0 Å². The highest BCUT2D eigenvalue weighted by Gasteiger charge is 2.16. The van der Waals surface area contributed by atoms with Crippen molar-refractivity contribution in [3.8, 4) is 5.75 Å². The predicted molar refractivity (Wildman–Crippen MR) is 94.2 cm³/mol. The van der Waals surface area contributed by atoms with E-state index in [9.17, 15) is 0 Å². The minimum atomic E-state index is -0.0121. The summed E-state index contributed by atoms with van der Waals surface area (Å²) in [6.07, 6.45) is 0.806. The fourth-order valence-electron chi connectivity index (χ4n) is 2.44. The average Bonchev–Trinajstić information content (AvgIpc) is 2.58. The molecule has 0 aliphatic carbocycles. The summed E-state index contributed by atoms with van der Waals surface area (Å²) in [6.45, 7) is 0.869. The normalized spacial score (nSPS) is 11.6. The quantitative estimate of drug-likeness (QED) is 0.657. The van der Waals surface area contributed by atoms with Crippen LogP contribution in [0.1, 0.15) is 17.2 Å². The lowest BCUT2D eigenvalue weighted by Crippen LogP contribution is -2.26. The van der Waals surface area contributed by atoms with Crippen LogP contribution in [0.3, 0.4) is 0 Å². The molecule has 0 fully saturated rings. The van der Waals surface area contributed by atoms with E-state index in [0.717, 1.165) is 17.7 Å². The molecule has 3 N–H and O–H groups in total. The van der Waals surface area contributed by atoms with Crippen LogP contribution in [0.15, 0.2) is 54.6 Å². The van der Waals surface area contributed by atoms with Crippen LogP contribution in [-0.2, 0) is 6.42 Å². The molecule has 0 aliphatic heterocycles. The van der Waals surface area contributed by atoms with Gasteiger partial charge in [0.25, 0.3) is 0 Å². The Morgan fingerprint density at radius 2 is 1.61 bits per heavy atom. The number of benzene rings is 2. The molecule has 0 aliphatic rings. The third-order valence-corrected chi connectivity index (χ3v) is 3.43. The first-order valence-electron chi connectivity index (χ1n) is 7.56. The largest absolute Gasteiger partial charge is 0.491 e. The van der Waals surface area contributed by atoms with E-state index in [2.05, 4.69) is 17.4 Å². The van der Waals surface area contributed by atoms with Crippen molar-refractivity contribution in [1.82, 2.24) is 5.32 Å². The lowest BCUT2D eigenvalue weighted by Gasteiger charge is -2.22. The first-order chi connectivity index (χ1) is 10.8. The number of aliphatic hydroxyl groups excluding tert-OH is 2. The van der Waals surface area contributed by atoms with Crippen LogP contribution in [0.25, 0.3) is 0 Å². The van der Waals surface area contributed by atoms with Gasteiger partial charge < -0.3 is 20.3 Å². The van der Waals surface area contributed by atoms with E-state index >= 15 is 0 Å². The molecule has 0 saturated heterocycles. The third-order valence-electron chi connectivity index (χ3n) is 3.43. The minimum Gasteiger partial charge on any atom is -0.491 e. The highest BCUT2D eigenvalue weighted by Crippen LogP contribution is 2.27. The summed E-state index contributed by atoms with van der Waals surface area (Å²) in [6, 6.07) is 18.1. The Kier molecular flexibility index (Phi) is 9.33. The van der Waals surface area contributed by atoms with Crippen LogP contribution in [0.4, 0.5) is 0 Å². The molecule has 0 saturated carbocycles. The molecule has 5 heteroatoms. The summed E-state index contributed by atoms with van der Waals surface area (Å²) in [7, 11) is 0. The van der Waals surface area contributed by atoms with Crippen LogP contribution in [-0.4, -0.2) is 36.6 Å². The Morgan fingerprint density at radius 1 is 0.913 bits per heavy atom. The smallest absolute Gasteiger partial charge is 0.124 e. The second-order valence-electron chi connectivity index (χ2n) is 5.03. The monoisotopic (exact) mass is 337 g/mol. The molecular formula is C18H24ClNO3. The number of aliphatic hydroxyl groups is 2. The van der Waals surface area contributed by atoms with Gasteiger partial charge in [-0.05, 0) is 18.1 Å². The molecule has 2 rings (SSSR count). The van der Waals surface area contributed by atoms with E-state index in [1.807, 2.05) is 42.5 Å². The number of nitrogens with one attached hydrogen (secondary N) is 1. The van der Waals surface area contributed by atoms with Gasteiger partial charge in [-0.2, -0.15) is 0 Å². The zero-order valence-corrected chi connectivity index (χ0v) is 13.8. The SMILES string of the molecule is Cl.OCCNC(Cc1ccccc1)c1ccccc1OCCO. The fraction of sp³-hybridized carbons (Fsp3) is 0.333. The molecule has 0 amide bonds. The number of ether oxygens (including phenoxy) is 1. The van der Waals surface area contributed by atoms with Gasteiger partial charge in [0.15, 0.2) is 0 Å². The summed E-state index contributed by atoms with van der Waals surface area (Å²) >= 11 is 0. The van der Waals surface area contributed by atoms with Crippen LogP contribution < -0.4 is 10.1 Å². The van der Waals surface area contributed by atoms with Gasteiger partial charge in [-0.1, -0.05) is 48.5 Å². The summed E-state index contributed by atoms with van der Waals surface area (Å²) in [5.41, 5.74) is 2.25. The lowest BCUT2D eigenvalue weighted by atomic mass is 9.98. The Hall–Kier alpha value is -1.59. The van der Waals surface area contributed by atoms with E-state index in [1.165, 1.54) is 5.56 Å². The molecular weight excluding hydrogens is 314 g/mol. The fourth-order valence-corrected chi connectivity index (χ4v) is 2.44. The molecule has 0 aromatic heterocycles.